The average molecular weight is 478 g/mol. The summed E-state index contributed by atoms with van der Waals surface area (Å²) >= 11 is 8.40. The number of non-ortho nitro benzene ring substituents is 1. The predicted molar refractivity (Wildman–Crippen MR) is 112 cm³/mol. The monoisotopic (exact) mass is 477 g/mol. The van der Waals surface area contributed by atoms with Gasteiger partial charge in [0.1, 0.15) is 5.57 Å². The van der Waals surface area contributed by atoms with Crippen molar-refractivity contribution < 1.29 is 24.4 Å². The third kappa shape index (κ3) is 3.96. The molecule has 0 unspecified atom stereocenters. The van der Waals surface area contributed by atoms with E-state index in [0.717, 1.165) is 27.6 Å². The molecule has 0 bridgehead atoms. The molecule has 1 fully saturated rings. The molecule has 1 aliphatic rings. The number of anilines is 1. The van der Waals surface area contributed by atoms with Gasteiger partial charge in [-0.25, -0.2) is 0 Å². The van der Waals surface area contributed by atoms with Crippen molar-refractivity contribution in [1.29, 1.82) is 0 Å². The first-order chi connectivity index (χ1) is 13.7. The Kier molecular flexibility index (Phi) is 5.62. The number of thiocarbonyl (C=S) groups is 1. The van der Waals surface area contributed by atoms with Crippen molar-refractivity contribution in [3.8, 4) is 11.5 Å². The topological polar surface area (TPSA) is 122 Å². The van der Waals surface area contributed by atoms with Crippen molar-refractivity contribution >= 4 is 62.5 Å². The van der Waals surface area contributed by atoms with Crippen molar-refractivity contribution in [1.82, 2.24) is 5.32 Å². The largest absolute Gasteiger partial charge is 0.504 e. The van der Waals surface area contributed by atoms with E-state index in [-0.39, 0.29) is 27.7 Å². The molecule has 0 saturated carbocycles. The second-order valence-corrected chi connectivity index (χ2v) is 7.08. The van der Waals surface area contributed by atoms with Gasteiger partial charge in [0.15, 0.2) is 16.6 Å². The minimum absolute atomic E-state index is 0.111. The van der Waals surface area contributed by atoms with E-state index in [9.17, 15) is 24.8 Å². The number of carbonyl (C=O) groups is 2. The van der Waals surface area contributed by atoms with Gasteiger partial charge in [-0.2, -0.15) is 0 Å². The number of ether oxygens (including phenoxy) is 1. The quantitative estimate of drug-likeness (QED) is 0.228. The van der Waals surface area contributed by atoms with Gasteiger partial charge in [0.25, 0.3) is 17.5 Å². The number of aromatic hydroxyl groups is 1. The lowest BCUT2D eigenvalue weighted by Gasteiger charge is -2.29. The number of phenols is 1. The summed E-state index contributed by atoms with van der Waals surface area (Å²) in [6, 6.07) is 8.70. The zero-order valence-electron chi connectivity index (χ0n) is 14.7. The first kappa shape index (κ1) is 20.4. The molecule has 0 radical (unpaired) electrons. The highest BCUT2D eigenvalue weighted by molar-refractivity contribution is 9.10. The highest BCUT2D eigenvalue weighted by Gasteiger charge is 2.35. The van der Waals surface area contributed by atoms with E-state index in [4.69, 9.17) is 17.0 Å². The highest BCUT2D eigenvalue weighted by atomic mass is 79.9. The van der Waals surface area contributed by atoms with Gasteiger partial charge in [-0.3, -0.25) is 29.9 Å². The van der Waals surface area contributed by atoms with Gasteiger partial charge in [-0.05, 0) is 42.6 Å². The molecule has 9 nitrogen and oxygen atoms in total. The minimum atomic E-state index is -0.793. The molecule has 29 heavy (non-hydrogen) atoms. The summed E-state index contributed by atoms with van der Waals surface area (Å²) in [5.74, 6) is -2.16. The third-order valence-corrected chi connectivity index (χ3v) is 4.82. The number of rotatable bonds is 4. The fraction of sp³-hybridized carbons (Fsp3) is 0.0556. The van der Waals surface area contributed by atoms with E-state index in [2.05, 4.69) is 21.2 Å². The van der Waals surface area contributed by atoms with Crippen LogP contribution in [0.4, 0.5) is 11.4 Å². The normalized spacial score (nSPS) is 15.4. The molecule has 2 aromatic carbocycles. The Morgan fingerprint density at radius 2 is 1.93 bits per heavy atom. The van der Waals surface area contributed by atoms with Gasteiger partial charge in [-0.1, -0.05) is 15.9 Å². The molecule has 3 rings (SSSR count). The van der Waals surface area contributed by atoms with Crippen LogP contribution in [0.25, 0.3) is 6.08 Å². The van der Waals surface area contributed by atoms with Crippen molar-refractivity contribution in [2.45, 2.75) is 0 Å². The van der Waals surface area contributed by atoms with Crippen molar-refractivity contribution in [2.75, 3.05) is 12.0 Å². The van der Waals surface area contributed by atoms with Crippen molar-refractivity contribution in [2.24, 2.45) is 0 Å². The van der Waals surface area contributed by atoms with E-state index >= 15 is 0 Å². The van der Waals surface area contributed by atoms with Crippen LogP contribution < -0.4 is 15.0 Å². The highest BCUT2D eigenvalue weighted by Crippen LogP contribution is 2.36. The third-order valence-electron chi connectivity index (χ3n) is 4.01. The smallest absolute Gasteiger partial charge is 0.274 e. The van der Waals surface area contributed by atoms with Crippen LogP contribution in [-0.4, -0.2) is 34.1 Å². The van der Waals surface area contributed by atoms with Gasteiger partial charge in [0.05, 0.1) is 23.8 Å². The van der Waals surface area contributed by atoms with Crippen LogP contribution in [-0.2, 0) is 9.59 Å². The zero-order chi connectivity index (χ0) is 21.3. The number of halogens is 1. The SMILES string of the molecule is COc1cc([N+](=O)[O-])cc(C=C2C(=O)NC(=S)N(c3ccc(Br)cc3)C2=O)c1O. The minimum Gasteiger partial charge on any atom is -0.504 e. The summed E-state index contributed by atoms with van der Waals surface area (Å²) in [5, 5.41) is 23.7. The van der Waals surface area contributed by atoms with Crippen LogP contribution in [0.15, 0.2) is 46.4 Å². The average Bonchev–Trinajstić information content (AvgIpc) is 2.67. The Balaban J connectivity index is 2.11. The molecule has 1 heterocycles. The first-order valence-corrected chi connectivity index (χ1v) is 9.15. The zero-order valence-corrected chi connectivity index (χ0v) is 17.1. The Bertz CT molecular complexity index is 1080. The molecule has 2 aromatic rings. The summed E-state index contributed by atoms with van der Waals surface area (Å²) in [6.45, 7) is 0. The molecule has 1 saturated heterocycles. The molecule has 0 atom stereocenters. The van der Waals surface area contributed by atoms with Crippen LogP contribution >= 0.6 is 28.1 Å². The fourth-order valence-corrected chi connectivity index (χ4v) is 3.17. The van der Waals surface area contributed by atoms with Crippen LogP contribution in [0.2, 0.25) is 0 Å². The number of nitro groups is 1. The van der Waals surface area contributed by atoms with Gasteiger partial charge >= 0.3 is 0 Å². The second-order valence-electron chi connectivity index (χ2n) is 5.78. The summed E-state index contributed by atoms with van der Waals surface area (Å²) in [4.78, 5) is 36.9. The van der Waals surface area contributed by atoms with Crippen LogP contribution in [0, 0.1) is 10.1 Å². The van der Waals surface area contributed by atoms with Crippen LogP contribution in [0.5, 0.6) is 11.5 Å². The lowest BCUT2D eigenvalue weighted by molar-refractivity contribution is -0.385. The standard InChI is InChI=1S/C18H12BrN3O6S/c1-28-14-8-12(22(26)27)6-9(15(14)23)7-13-16(24)20-18(29)21(17(13)25)11-4-2-10(19)3-5-11/h2-8,23H,1H3,(H,20,24,29). The second kappa shape index (κ2) is 7.97. The summed E-state index contributed by atoms with van der Waals surface area (Å²) in [5.41, 5.74) is -0.456. The van der Waals surface area contributed by atoms with Gasteiger partial charge in [0, 0.05) is 16.1 Å². The molecule has 11 heteroatoms. The summed E-state index contributed by atoms with van der Waals surface area (Å²) in [6.07, 6.45) is 1.05. The number of methoxy groups -OCH3 is 1. The maximum absolute atomic E-state index is 13.0. The summed E-state index contributed by atoms with van der Waals surface area (Å²) < 4.78 is 5.72. The lowest BCUT2D eigenvalue weighted by Crippen LogP contribution is -2.54. The van der Waals surface area contributed by atoms with Crippen molar-refractivity contribution in [3.05, 3.63) is 62.1 Å². The molecule has 0 spiro atoms. The van der Waals surface area contributed by atoms with E-state index < -0.39 is 22.5 Å². The first-order valence-electron chi connectivity index (χ1n) is 7.95. The lowest BCUT2D eigenvalue weighted by atomic mass is 10.0. The molecule has 0 aromatic heterocycles. The number of nitro benzene ring substituents is 1. The Hall–Kier alpha value is -3.31. The number of hydrogen-bond donors (Lipinski definition) is 2. The molecule has 148 valence electrons. The number of phenolic OH excluding ortho intramolecular Hbond substituents is 1. The molecular weight excluding hydrogens is 466 g/mol. The van der Waals surface area contributed by atoms with E-state index in [1.54, 1.807) is 24.3 Å². The number of amides is 2. The summed E-state index contributed by atoms with van der Waals surface area (Å²) in [7, 11) is 1.22. The van der Waals surface area contributed by atoms with E-state index in [1.165, 1.54) is 7.11 Å². The van der Waals surface area contributed by atoms with Gasteiger partial charge in [0.2, 0.25) is 0 Å². The maximum Gasteiger partial charge on any atom is 0.274 e. The van der Waals surface area contributed by atoms with Gasteiger partial charge in [-0.15, -0.1) is 0 Å². The molecule has 2 N–H and O–H groups in total. The molecule has 1 aliphatic heterocycles. The van der Waals surface area contributed by atoms with Crippen molar-refractivity contribution in [3.63, 3.8) is 0 Å². The number of hydrogen-bond acceptors (Lipinski definition) is 7. The molecule has 2 amide bonds. The molecular formula is C18H12BrN3O6S. The number of benzene rings is 2. The van der Waals surface area contributed by atoms with Gasteiger partial charge < -0.3 is 9.84 Å². The molecule has 0 aliphatic carbocycles. The van der Waals surface area contributed by atoms with Crippen LogP contribution in [0.1, 0.15) is 5.56 Å². The predicted octanol–water partition coefficient (Wildman–Crippen LogP) is 2.90. The Labute approximate surface area is 177 Å². The Morgan fingerprint density at radius 1 is 1.28 bits per heavy atom. The van der Waals surface area contributed by atoms with E-state index in [0.29, 0.717) is 5.69 Å². The van der Waals surface area contributed by atoms with E-state index in [1.807, 2.05) is 0 Å². The Morgan fingerprint density at radius 3 is 2.52 bits per heavy atom. The number of nitrogens with zero attached hydrogens (tertiary/aromatic N) is 2. The van der Waals surface area contributed by atoms with Crippen LogP contribution in [0.3, 0.4) is 0 Å². The maximum atomic E-state index is 13.0. The number of nitrogens with one attached hydrogen (secondary N) is 1. The fourth-order valence-electron chi connectivity index (χ4n) is 2.62. The number of carbonyl (C=O) groups excluding carboxylic acids is 2.